The third-order valence-corrected chi connectivity index (χ3v) is 4.82. The average molecular weight is 401 g/mol. The van der Waals surface area contributed by atoms with E-state index in [2.05, 4.69) is 24.1 Å². The van der Waals surface area contributed by atoms with Crippen molar-refractivity contribution in [1.82, 2.24) is 10.2 Å². The predicted molar refractivity (Wildman–Crippen MR) is 115 cm³/mol. The van der Waals surface area contributed by atoms with Crippen molar-refractivity contribution in [3.63, 3.8) is 0 Å². The second kappa shape index (κ2) is 12.0. The van der Waals surface area contributed by atoms with Crippen LogP contribution in [0.2, 0.25) is 0 Å². The summed E-state index contributed by atoms with van der Waals surface area (Å²) in [4.78, 5) is 14.6. The maximum absolute atomic E-state index is 12.3. The Morgan fingerprint density at radius 3 is 2.38 bits per heavy atom. The highest BCUT2D eigenvalue weighted by atomic mass is 16.5. The predicted octanol–water partition coefficient (Wildman–Crippen LogP) is 3.28. The minimum Gasteiger partial charge on any atom is -0.496 e. The summed E-state index contributed by atoms with van der Waals surface area (Å²) in [5.41, 5.74) is 1.81. The van der Waals surface area contributed by atoms with Gasteiger partial charge in [-0.1, -0.05) is 38.1 Å². The highest BCUT2D eigenvalue weighted by molar-refractivity contribution is 5.79. The third-order valence-electron chi connectivity index (χ3n) is 4.82. The van der Waals surface area contributed by atoms with E-state index in [1.54, 1.807) is 14.2 Å². The minimum absolute atomic E-state index is 0.0620. The zero-order valence-corrected chi connectivity index (χ0v) is 17.9. The molecule has 0 unspecified atom stereocenters. The number of nitrogens with one attached hydrogen (secondary N) is 1. The number of rotatable bonds is 12. The fourth-order valence-corrected chi connectivity index (χ4v) is 3.05. The fourth-order valence-electron chi connectivity index (χ4n) is 3.05. The van der Waals surface area contributed by atoms with Crippen molar-refractivity contribution in [2.24, 2.45) is 0 Å². The molecule has 0 bridgehead atoms. The molecule has 6 heteroatoms. The molecular formula is C23H32N2O4. The lowest BCUT2D eigenvalue weighted by atomic mass is 10.1. The first-order chi connectivity index (χ1) is 14.1. The largest absolute Gasteiger partial charge is 0.496 e. The Balaban J connectivity index is 1.90. The SMILES string of the molecule is CCN(CC)CCOc1ccc(CNC(=O)Cc2ccccc2OC)cc1OC. The number of hydrogen-bond acceptors (Lipinski definition) is 5. The van der Waals surface area contributed by atoms with Crippen molar-refractivity contribution >= 4 is 5.91 Å². The number of likely N-dealkylation sites (N-methyl/N-ethyl adjacent to an activating group) is 1. The van der Waals surface area contributed by atoms with Crippen LogP contribution in [0.3, 0.4) is 0 Å². The Labute approximate surface area is 173 Å². The summed E-state index contributed by atoms with van der Waals surface area (Å²) < 4.78 is 16.6. The van der Waals surface area contributed by atoms with Crippen molar-refractivity contribution in [3.05, 3.63) is 53.6 Å². The maximum Gasteiger partial charge on any atom is 0.224 e. The van der Waals surface area contributed by atoms with Gasteiger partial charge in [-0.15, -0.1) is 0 Å². The van der Waals surface area contributed by atoms with Crippen LogP contribution in [-0.4, -0.2) is 51.3 Å². The summed E-state index contributed by atoms with van der Waals surface area (Å²) in [5.74, 6) is 2.04. The lowest BCUT2D eigenvalue weighted by Gasteiger charge is -2.19. The van der Waals surface area contributed by atoms with Crippen LogP contribution in [0.4, 0.5) is 0 Å². The molecule has 0 saturated carbocycles. The fraction of sp³-hybridized carbons (Fsp3) is 0.435. The van der Waals surface area contributed by atoms with Gasteiger partial charge in [0.05, 0.1) is 20.6 Å². The number of carbonyl (C=O) groups excluding carboxylic acids is 1. The van der Waals surface area contributed by atoms with E-state index >= 15 is 0 Å². The van der Waals surface area contributed by atoms with Gasteiger partial charge in [0.25, 0.3) is 0 Å². The molecule has 0 aromatic heterocycles. The van der Waals surface area contributed by atoms with Gasteiger partial charge in [-0.05, 0) is 36.9 Å². The normalized spacial score (nSPS) is 10.7. The van der Waals surface area contributed by atoms with Crippen LogP contribution < -0.4 is 19.5 Å². The standard InChI is InChI=1S/C23H32N2O4/c1-5-25(6-2)13-14-29-21-12-11-18(15-22(21)28-4)17-24-23(26)16-19-9-7-8-10-20(19)27-3/h7-12,15H,5-6,13-14,16-17H2,1-4H3,(H,24,26). The van der Waals surface area contributed by atoms with E-state index in [9.17, 15) is 4.79 Å². The summed E-state index contributed by atoms with van der Waals surface area (Å²) in [5, 5.41) is 2.95. The first kappa shape index (κ1) is 22.6. The van der Waals surface area contributed by atoms with Crippen molar-refractivity contribution in [1.29, 1.82) is 0 Å². The number of ether oxygens (including phenoxy) is 3. The smallest absolute Gasteiger partial charge is 0.224 e. The zero-order valence-electron chi connectivity index (χ0n) is 17.9. The van der Waals surface area contributed by atoms with Crippen molar-refractivity contribution in [2.75, 3.05) is 40.5 Å². The number of methoxy groups -OCH3 is 2. The van der Waals surface area contributed by atoms with Gasteiger partial charge in [-0.3, -0.25) is 4.79 Å². The second-order valence-electron chi connectivity index (χ2n) is 6.63. The molecule has 1 amide bonds. The molecule has 0 radical (unpaired) electrons. The van der Waals surface area contributed by atoms with Gasteiger partial charge in [0.1, 0.15) is 12.4 Å². The summed E-state index contributed by atoms with van der Waals surface area (Å²) in [7, 11) is 3.23. The Bertz CT molecular complexity index is 775. The van der Waals surface area contributed by atoms with E-state index in [4.69, 9.17) is 14.2 Å². The monoisotopic (exact) mass is 400 g/mol. The number of para-hydroxylation sites is 1. The Hall–Kier alpha value is -2.73. The van der Waals surface area contributed by atoms with E-state index in [-0.39, 0.29) is 12.3 Å². The first-order valence-electron chi connectivity index (χ1n) is 10.0. The first-order valence-corrected chi connectivity index (χ1v) is 10.0. The van der Waals surface area contributed by atoms with Gasteiger partial charge < -0.3 is 24.4 Å². The molecule has 0 spiro atoms. The number of benzene rings is 2. The number of nitrogens with zero attached hydrogens (tertiary/aromatic N) is 1. The molecule has 0 saturated heterocycles. The Morgan fingerprint density at radius 2 is 1.69 bits per heavy atom. The van der Waals surface area contributed by atoms with Gasteiger partial charge >= 0.3 is 0 Å². The Kier molecular flexibility index (Phi) is 9.31. The summed E-state index contributed by atoms with van der Waals surface area (Å²) in [6.45, 7) is 8.19. The highest BCUT2D eigenvalue weighted by Crippen LogP contribution is 2.28. The molecule has 0 atom stereocenters. The molecule has 0 heterocycles. The topological polar surface area (TPSA) is 60.0 Å². The zero-order chi connectivity index (χ0) is 21.1. The molecular weight excluding hydrogens is 368 g/mol. The molecule has 6 nitrogen and oxygen atoms in total. The maximum atomic E-state index is 12.3. The van der Waals surface area contributed by atoms with E-state index in [1.807, 2.05) is 42.5 Å². The van der Waals surface area contributed by atoms with Crippen LogP contribution in [0.1, 0.15) is 25.0 Å². The van der Waals surface area contributed by atoms with Gasteiger partial charge in [0.15, 0.2) is 11.5 Å². The van der Waals surface area contributed by atoms with Crippen molar-refractivity contribution in [2.45, 2.75) is 26.8 Å². The lowest BCUT2D eigenvalue weighted by Crippen LogP contribution is -2.28. The second-order valence-corrected chi connectivity index (χ2v) is 6.63. The Morgan fingerprint density at radius 1 is 0.966 bits per heavy atom. The van der Waals surface area contributed by atoms with Crippen molar-refractivity contribution < 1.29 is 19.0 Å². The summed E-state index contributed by atoms with van der Waals surface area (Å²) >= 11 is 0. The molecule has 1 N–H and O–H groups in total. The summed E-state index contributed by atoms with van der Waals surface area (Å²) in [6.07, 6.45) is 0.272. The lowest BCUT2D eigenvalue weighted by molar-refractivity contribution is -0.120. The van der Waals surface area contributed by atoms with Gasteiger partial charge in [-0.25, -0.2) is 0 Å². The number of hydrogen-bond donors (Lipinski definition) is 1. The van der Waals surface area contributed by atoms with Crippen LogP contribution in [0, 0.1) is 0 Å². The molecule has 2 rings (SSSR count). The van der Waals surface area contributed by atoms with E-state index in [0.29, 0.717) is 24.7 Å². The molecule has 29 heavy (non-hydrogen) atoms. The van der Waals surface area contributed by atoms with E-state index in [0.717, 1.165) is 36.5 Å². The van der Waals surface area contributed by atoms with Crippen molar-refractivity contribution in [3.8, 4) is 17.2 Å². The molecule has 2 aromatic rings. The molecule has 0 aliphatic carbocycles. The molecule has 0 aliphatic rings. The molecule has 0 fully saturated rings. The quantitative estimate of drug-likeness (QED) is 0.592. The highest BCUT2D eigenvalue weighted by Gasteiger charge is 2.10. The van der Waals surface area contributed by atoms with Crippen LogP contribution in [0.15, 0.2) is 42.5 Å². The average Bonchev–Trinajstić information content (AvgIpc) is 2.76. The van der Waals surface area contributed by atoms with E-state index in [1.165, 1.54) is 0 Å². The molecule has 0 aliphatic heterocycles. The summed E-state index contributed by atoms with van der Waals surface area (Å²) in [6, 6.07) is 13.3. The van der Waals surface area contributed by atoms with Crippen LogP contribution in [0.5, 0.6) is 17.2 Å². The number of carbonyl (C=O) groups is 1. The van der Waals surface area contributed by atoms with Crippen LogP contribution in [0.25, 0.3) is 0 Å². The van der Waals surface area contributed by atoms with Gasteiger partial charge in [0, 0.05) is 18.7 Å². The van der Waals surface area contributed by atoms with Crippen LogP contribution >= 0.6 is 0 Å². The van der Waals surface area contributed by atoms with E-state index < -0.39 is 0 Å². The molecule has 2 aromatic carbocycles. The third kappa shape index (κ3) is 6.98. The van der Waals surface area contributed by atoms with Gasteiger partial charge in [0.2, 0.25) is 5.91 Å². The minimum atomic E-state index is -0.0620. The number of amides is 1. The van der Waals surface area contributed by atoms with Crippen LogP contribution in [-0.2, 0) is 17.8 Å². The van der Waals surface area contributed by atoms with Gasteiger partial charge in [-0.2, -0.15) is 0 Å². The molecule has 158 valence electrons.